The van der Waals surface area contributed by atoms with Crippen LogP contribution in [0, 0.1) is 0 Å². The van der Waals surface area contributed by atoms with Crippen LogP contribution >= 0.6 is 0 Å². The molecule has 1 aromatic heterocycles. The van der Waals surface area contributed by atoms with Crippen molar-refractivity contribution in [2.45, 2.75) is 31.2 Å². The molecule has 0 unspecified atom stereocenters. The van der Waals surface area contributed by atoms with Gasteiger partial charge in [-0.2, -0.15) is 4.98 Å². The first-order valence-corrected chi connectivity index (χ1v) is 10.8. The fourth-order valence-electron chi connectivity index (χ4n) is 3.04. The van der Waals surface area contributed by atoms with Gasteiger partial charge in [0.25, 0.3) is 0 Å². The van der Waals surface area contributed by atoms with E-state index in [4.69, 9.17) is 4.52 Å². The standard InChI is InChI=1S/C22H21N3O3S/c1-15(2)16-7-9-18(10-8-16)22-24-21(28-25-22)14-23-29(26,27)20-12-11-17-5-3-4-6-19(17)13-20/h3-13,15,23H,14H2,1-2H3. The lowest BCUT2D eigenvalue weighted by Crippen LogP contribution is -2.23. The van der Waals surface area contributed by atoms with Crippen LogP contribution in [0.3, 0.4) is 0 Å². The molecule has 29 heavy (non-hydrogen) atoms. The van der Waals surface area contributed by atoms with Crippen LogP contribution < -0.4 is 4.72 Å². The SMILES string of the molecule is CC(C)c1ccc(-c2noc(CNS(=O)(=O)c3ccc4ccccc4c3)n2)cc1. The number of nitrogens with one attached hydrogen (secondary N) is 1. The van der Waals surface area contributed by atoms with Crippen molar-refractivity contribution in [3.63, 3.8) is 0 Å². The maximum Gasteiger partial charge on any atom is 0.242 e. The Balaban J connectivity index is 1.48. The molecule has 0 amide bonds. The summed E-state index contributed by atoms with van der Waals surface area (Å²) in [6.45, 7) is 4.18. The average Bonchev–Trinajstić information content (AvgIpc) is 3.21. The molecule has 148 valence electrons. The van der Waals surface area contributed by atoms with Crippen molar-refractivity contribution in [1.82, 2.24) is 14.9 Å². The van der Waals surface area contributed by atoms with Crippen LogP contribution in [-0.4, -0.2) is 18.6 Å². The van der Waals surface area contributed by atoms with Crippen LogP contribution in [-0.2, 0) is 16.6 Å². The Hall–Kier alpha value is -3.03. The second kappa shape index (κ2) is 7.77. The molecule has 0 saturated carbocycles. The normalized spacial score (nSPS) is 12.0. The maximum absolute atomic E-state index is 12.6. The van der Waals surface area contributed by atoms with Gasteiger partial charge in [-0.3, -0.25) is 0 Å². The topological polar surface area (TPSA) is 85.1 Å². The third kappa shape index (κ3) is 4.21. The predicted octanol–water partition coefficient (Wildman–Crippen LogP) is 4.49. The number of rotatable bonds is 6. The van der Waals surface area contributed by atoms with Crippen molar-refractivity contribution in [2.24, 2.45) is 0 Å². The van der Waals surface area contributed by atoms with Crippen molar-refractivity contribution < 1.29 is 12.9 Å². The summed E-state index contributed by atoms with van der Waals surface area (Å²) in [4.78, 5) is 4.49. The first-order chi connectivity index (χ1) is 13.9. The average molecular weight is 407 g/mol. The second-order valence-electron chi connectivity index (χ2n) is 7.12. The van der Waals surface area contributed by atoms with Gasteiger partial charge in [0.2, 0.25) is 21.7 Å². The molecule has 1 N–H and O–H groups in total. The van der Waals surface area contributed by atoms with Crippen LogP contribution in [0.15, 0.2) is 76.1 Å². The molecular formula is C22H21N3O3S. The van der Waals surface area contributed by atoms with Gasteiger partial charge in [0.05, 0.1) is 11.4 Å². The van der Waals surface area contributed by atoms with E-state index < -0.39 is 10.0 Å². The van der Waals surface area contributed by atoms with Gasteiger partial charge < -0.3 is 4.52 Å². The molecule has 0 atom stereocenters. The Kier molecular flexibility index (Phi) is 5.17. The smallest absolute Gasteiger partial charge is 0.242 e. The Morgan fingerprint density at radius 3 is 2.41 bits per heavy atom. The van der Waals surface area contributed by atoms with E-state index in [0.29, 0.717) is 11.7 Å². The Labute approximate surface area is 169 Å². The molecule has 3 aromatic carbocycles. The molecule has 1 heterocycles. The number of aromatic nitrogens is 2. The van der Waals surface area contributed by atoms with Crippen molar-refractivity contribution in [3.05, 3.63) is 78.2 Å². The van der Waals surface area contributed by atoms with E-state index in [1.807, 2.05) is 48.5 Å². The number of benzene rings is 3. The molecule has 0 saturated heterocycles. The molecule has 4 rings (SSSR count). The van der Waals surface area contributed by atoms with Crippen LogP contribution in [0.5, 0.6) is 0 Å². The summed E-state index contributed by atoms with van der Waals surface area (Å²) in [7, 11) is -3.70. The van der Waals surface area contributed by atoms with Gasteiger partial charge in [-0.25, -0.2) is 13.1 Å². The molecule has 0 fully saturated rings. The molecule has 0 aliphatic carbocycles. The fourth-order valence-corrected chi connectivity index (χ4v) is 4.05. The Bertz CT molecular complexity index is 1250. The van der Waals surface area contributed by atoms with Crippen LogP contribution in [0.2, 0.25) is 0 Å². The quantitative estimate of drug-likeness (QED) is 0.509. The third-order valence-electron chi connectivity index (χ3n) is 4.75. The minimum absolute atomic E-state index is 0.0771. The summed E-state index contributed by atoms with van der Waals surface area (Å²) in [6.07, 6.45) is 0. The summed E-state index contributed by atoms with van der Waals surface area (Å²) < 4.78 is 33.0. The van der Waals surface area contributed by atoms with Crippen molar-refractivity contribution in [1.29, 1.82) is 0 Å². The molecule has 7 heteroatoms. The molecule has 0 spiro atoms. The zero-order valence-corrected chi connectivity index (χ0v) is 17.0. The van der Waals surface area contributed by atoms with Crippen LogP contribution in [0.25, 0.3) is 22.2 Å². The number of hydrogen-bond acceptors (Lipinski definition) is 5. The summed E-state index contributed by atoms with van der Waals surface area (Å²) in [6, 6.07) is 20.5. The van der Waals surface area contributed by atoms with E-state index in [1.165, 1.54) is 5.56 Å². The highest BCUT2D eigenvalue weighted by molar-refractivity contribution is 7.89. The van der Waals surface area contributed by atoms with E-state index in [-0.39, 0.29) is 17.3 Å². The highest BCUT2D eigenvalue weighted by atomic mass is 32.2. The maximum atomic E-state index is 12.6. The number of nitrogens with zero attached hydrogens (tertiary/aromatic N) is 2. The molecule has 0 aliphatic rings. The molecule has 4 aromatic rings. The molecule has 0 aliphatic heterocycles. The largest absolute Gasteiger partial charge is 0.338 e. The highest BCUT2D eigenvalue weighted by Crippen LogP contribution is 2.21. The minimum atomic E-state index is -3.70. The zero-order chi connectivity index (χ0) is 20.4. The minimum Gasteiger partial charge on any atom is -0.338 e. The van der Waals surface area contributed by atoms with E-state index in [0.717, 1.165) is 16.3 Å². The van der Waals surface area contributed by atoms with E-state index in [1.54, 1.807) is 18.2 Å². The van der Waals surface area contributed by atoms with E-state index in [2.05, 4.69) is 28.7 Å². The summed E-state index contributed by atoms with van der Waals surface area (Å²) >= 11 is 0. The van der Waals surface area contributed by atoms with Gasteiger partial charge in [-0.1, -0.05) is 73.6 Å². The van der Waals surface area contributed by atoms with Crippen molar-refractivity contribution >= 4 is 20.8 Å². The molecule has 6 nitrogen and oxygen atoms in total. The Morgan fingerprint density at radius 1 is 0.966 bits per heavy atom. The third-order valence-corrected chi connectivity index (χ3v) is 6.15. The van der Waals surface area contributed by atoms with Crippen LogP contribution in [0.4, 0.5) is 0 Å². The summed E-state index contributed by atoms with van der Waals surface area (Å²) in [5, 5.41) is 5.80. The van der Waals surface area contributed by atoms with Crippen molar-refractivity contribution in [3.8, 4) is 11.4 Å². The van der Waals surface area contributed by atoms with E-state index >= 15 is 0 Å². The lowest BCUT2D eigenvalue weighted by Gasteiger charge is -2.06. The first kappa shape index (κ1) is 19.3. The lowest BCUT2D eigenvalue weighted by atomic mass is 10.0. The van der Waals surface area contributed by atoms with Gasteiger partial charge in [-0.15, -0.1) is 0 Å². The molecule has 0 radical (unpaired) electrons. The Morgan fingerprint density at radius 2 is 1.69 bits per heavy atom. The molecule has 0 bridgehead atoms. The van der Waals surface area contributed by atoms with Gasteiger partial charge >= 0.3 is 0 Å². The monoisotopic (exact) mass is 407 g/mol. The zero-order valence-electron chi connectivity index (χ0n) is 16.2. The fraction of sp³-hybridized carbons (Fsp3) is 0.182. The van der Waals surface area contributed by atoms with Crippen LogP contribution in [0.1, 0.15) is 31.2 Å². The summed E-state index contributed by atoms with van der Waals surface area (Å²) in [5.41, 5.74) is 2.04. The van der Waals surface area contributed by atoms with Gasteiger partial charge in [0.1, 0.15) is 0 Å². The number of hydrogen-bond donors (Lipinski definition) is 1. The number of sulfonamides is 1. The van der Waals surface area contributed by atoms with E-state index in [9.17, 15) is 8.42 Å². The summed E-state index contributed by atoms with van der Waals surface area (Å²) in [5.74, 6) is 1.08. The first-order valence-electron chi connectivity index (χ1n) is 9.34. The lowest BCUT2D eigenvalue weighted by molar-refractivity contribution is 0.376. The van der Waals surface area contributed by atoms with Gasteiger partial charge in [0.15, 0.2) is 0 Å². The molecular weight excluding hydrogens is 386 g/mol. The van der Waals surface area contributed by atoms with Gasteiger partial charge in [0, 0.05) is 5.56 Å². The highest BCUT2D eigenvalue weighted by Gasteiger charge is 2.17. The van der Waals surface area contributed by atoms with Crippen molar-refractivity contribution in [2.75, 3.05) is 0 Å². The predicted molar refractivity (Wildman–Crippen MR) is 112 cm³/mol. The van der Waals surface area contributed by atoms with Gasteiger partial charge in [-0.05, 0) is 34.4 Å². The number of fused-ring (bicyclic) bond motifs is 1. The second-order valence-corrected chi connectivity index (χ2v) is 8.89.